The van der Waals surface area contributed by atoms with E-state index in [0.29, 0.717) is 55.7 Å². The van der Waals surface area contributed by atoms with Crippen molar-refractivity contribution in [2.24, 2.45) is 0 Å². The molecular formula is C20H22FN7O4S. The first kappa shape index (κ1) is 21.4. The molecule has 4 heterocycles. The molecule has 0 bridgehead atoms. The molecule has 3 aliphatic heterocycles. The summed E-state index contributed by atoms with van der Waals surface area (Å²) in [4.78, 5) is 23.6. The quantitative estimate of drug-likeness (QED) is 0.671. The van der Waals surface area contributed by atoms with Gasteiger partial charge in [0.2, 0.25) is 5.95 Å². The second kappa shape index (κ2) is 8.48. The van der Waals surface area contributed by atoms with Crippen LogP contribution in [0.15, 0.2) is 43.0 Å². The number of rotatable bonds is 5. The number of hydrogen-bond acceptors (Lipinski definition) is 10. The van der Waals surface area contributed by atoms with Crippen LogP contribution in [-0.4, -0.2) is 78.8 Å². The van der Waals surface area contributed by atoms with Crippen molar-refractivity contribution >= 4 is 27.6 Å². The van der Waals surface area contributed by atoms with Gasteiger partial charge in [-0.15, -0.1) is 5.53 Å². The number of halogens is 1. The normalized spacial score (nSPS) is 20.0. The number of aromatic nitrogens is 2. The molecule has 2 fully saturated rings. The van der Waals surface area contributed by atoms with Crippen molar-refractivity contribution in [1.82, 2.24) is 25.4 Å². The van der Waals surface area contributed by atoms with Crippen LogP contribution in [0.3, 0.4) is 0 Å². The van der Waals surface area contributed by atoms with E-state index < -0.39 is 15.7 Å². The summed E-state index contributed by atoms with van der Waals surface area (Å²) in [6.07, 6.45) is 6.18. The first-order valence-corrected chi connectivity index (χ1v) is 12.2. The highest BCUT2D eigenvalue weighted by Crippen LogP contribution is 2.27. The lowest BCUT2D eigenvalue weighted by Crippen LogP contribution is -2.45. The predicted octanol–water partition coefficient (Wildman–Crippen LogP) is 0.940. The average Bonchev–Trinajstić information content (AvgIpc) is 3.43. The van der Waals surface area contributed by atoms with Crippen molar-refractivity contribution in [1.29, 1.82) is 0 Å². The maximum absolute atomic E-state index is 14.9. The van der Waals surface area contributed by atoms with E-state index in [0.717, 1.165) is 0 Å². The molecule has 1 amide bonds. The molecule has 3 aliphatic rings. The third kappa shape index (κ3) is 4.54. The van der Waals surface area contributed by atoms with Gasteiger partial charge >= 0.3 is 6.09 Å². The van der Waals surface area contributed by atoms with Gasteiger partial charge in [-0.2, -0.15) is 0 Å². The molecule has 0 radical (unpaired) electrons. The van der Waals surface area contributed by atoms with Gasteiger partial charge < -0.3 is 9.64 Å². The van der Waals surface area contributed by atoms with Crippen LogP contribution < -0.4 is 15.4 Å². The van der Waals surface area contributed by atoms with E-state index >= 15 is 0 Å². The molecule has 0 saturated carbocycles. The number of sulfone groups is 1. The lowest BCUT2D eigenvalue weighted by Gasteiger charge is -2.26. The van der Waals surface area contributed by atoms with Crippen LogP contribution in [0.25, 0.3) is 11.1 Å². The minimum Gasteiger partial charge on any atom is -0.447 e. The summed E-state index contributed by atoms with van der Waals surface area (Å²) in [5.74, 6) is 0.142. The number of amides is 1. The summed E-state index contributed by atoms with van der Waals surface area (Å²) in [5.41, 5.74) is 4.51. The number of hydrogen-bond donors (Lipinski definition) is 1. The Morgan fingerprint density at radius 2 is 1.85 bits per heavy atom. The topological polar surface area (TPSA) is 111 Å². The molecule has 0 aliphatic carbocycles. The zero-order valence-electron chi connectivity index (χ0n) is 17.6. The van der Waals surface area contributed by atoms with E-state index in [4.69, 9.17) is 4.74 Å². The molecular weight excluding hydrogens is 453 g/mol. The number of nitrogens with one attached hydrogen (secondary N) is 1. The molecule has 0 atom stereocenters. The van der Waals surface area contributed by atoms with Gasteiger partial charge in [-0.25, -0.2) is 27.6 Å². The van der Waals surface area contributed by atoms with Crippen LogP contribution in [0.5, 0.6) is 0 Å². The maximum atomic E-state index is 14.9. The Labute approximate surface area is 189 Å². The monoisotopic (exact) mass is 475 g/mol. The second-order valence-electron chi connectivity index (χ2n) is 7.83. The van der Waals surface area contributed by atoms with Crippen molar-refractivity contribution in [2.75, 3.05) is 54.3 Å². The Kier molecular flexibility index (Phi) is 5.50. The van der Waals surface area contributed by atoms with E-state index in [1.165, 1.54) is 18.5 Å². The number of cyclic esters (lactones) is 1. The third-order valence-electron chi connectivity index (χ3n) is 5.61. The van der Waals surface area contributed by atoms with Crippen LogP contribution in [0.4, 0.5) is 20.8 Å². The molecule has 33 heavy (non-hydrogen) atoms. The second-order valence-corrected chi connectivity index (χ2v) is 10.1. The zero-order valence-corrected chi connectivity index (χ0v) is 18.4. The van der Waals surface area contributed by atoms with Gasteiger partial charge in [-0.1, -0.05) is 0 Å². The minimum absolute atomic E-state index is 0.0761. The van der Waals surface area contributed by atoms with E-state index in [1.807, 2.05) is 4.90 Å². The fourth-order valence-electron chi connectivity index (χ4n) is 3.74. The summed E-state index contributed by atoms with van der Waals surface area (Å²) in [5, 5.41) is 3.33. The number of hydrazine groups is 2. The molecule has 174 valence electrons. The summed E-state index contributed by atoms with van der Waals surface area (Å²) in [6.45, 7) is 1.89. The standard InChI is InChI=1S/C20H22FN7O4S/c21-18-11-16(28-4-3-27(24-28)14-26-5-8-32-20(26)29)1-2-17(18)15-12-22-19(23-13-15)25-6-9-33(30,31)10-7-25/h1-4,11-13,24H,5-10,14H2. The van der Waals surface area contributed by atoms with E-state index in [-0.39, 0.29) is 17.6 Å². The molecule has 1 aromatic heterocycles. The highest BCUT2D eigenvalue weighted by molar-refractivity contribution is 7.91. The van der Waals surface area contributed by atoms with Gasteiger partial charge in [-0.3, -0.25) is 14.9 Å². The summed E-state index contributed by atoms with van der Waals surface area (Å²) in [6, 6.07) is 4.79. The summed E-state index contributed by atoms with van der Waals surface area (Å²) >= 11 is 0. The molecule has 13 heteroatoms. The van der Waals surface area contributed by atoms with Gasteiger partial charge in [0.1, 0.15) is 19.1 Å². The Morgan fingerprint density at radius 1 is 1.09 bits per heavy atom. The lowest BCUT2D eigenvalue weighted by atomic mass is 10.1. The number of carbonyl (C=O) groups is 1. The first-order chi connectivity index (χ1) is 15.9. The van der Waals surface area contributed by atoms with Gasteiger partial charge in [0.05, 0.1) is 23.7 Å². The van der Waals surface area contributed by atoms with Crippen LogP contribution in [0, 0.1) is 5.82 Å². The van der Waals surface area contributed by atoms with E-state index in [9.17, 15) is 17.6 Å². The largest absolute Gasteiger partial charge is 0.447 e. The maximum Gasteiger partial charge on any atom is 0.411 e. The van der Waals surface area contributed by atoms with Gasteiger partial charge in [0.15, 0.2) is 9.84 Å². The Morgan fingerprint density at radius 3 is 2.52 bits per heavy atom. The minimum atomic E-state index is -2.99. The van der Waals surface area contributed by atoms with Gasteiger partial charge in [0.25, 0.3) is 0 Å². The third-order valence-corrected chi connectivity index (χ3v) is 7.22. The average molecular weight is 476 g/mol. The molecule has 0 spiro atoms. The predicted molar refractivity (Wildman–Crippen MR) is 118 cm³/mol. The SMILES string of the molecule is O=C1OCCN1CN1C=CN(c2ccc(-c3cnc(N4CCS(=O)(=O)CC4)nc3)c(F)c2)N1. The fraction of sp³-hybridized carbons (Fsp3) is 0.350. The number of anilines is 2. The van der Waals surface area contributed by atoms with Crippen molar-refractivity contribution < 1.29 is 22.3 Å². The fourth-order valence-corrected chi connectivity index (χ4v) is 4.94. The van der Waals surface area contributed by atoms with Crippen LogP contribution in [-0.2, 0) is 14.6 Å². The molecule has 0 unspecified atom stereocenters. The van der Waals surface area contributed by atoms with Crippen LogP contribution in [0.1, 0.15) is 0 Å². The summed E-state index contributed by atoms with van der Waals surface area (Å²) < 4.78 is 43.0. The smallest absolute Gasteiger partial charge is 0.411 e. The number of carbonyl (C=O) groups excluding carboxylic acids is 1. The van der Waals surface area contributed by atoms with Crippen molar-refractivity contribution in [3.63, 3.8) is 0 Å². The van der Waals surface area contributed by atoms with Gasteiger partial charge in [0, 0.05) is 49.0 Å². The number of ether oxygens (including phenoxy) is 1. The number of benzene rings is 1. The summed E-state index contributed by atoms with van der Waals surface area (Å²) in [7, 11) is -2.99. The first-order valence-electron chi connectivity index (χ1n) is 10.4. The molecule has 2 aromatic rings. The highest BCUT2D eigenvalue weighted by atomic mass is 32.2. The molecule has 1 N–H and O–H groups in total. The molecule has 11 nitrogen and oxygen atoms in total. The lowest BCUT2D eigenvalue weighted by molar-refractivity contribution is 0.134. The Bertz CT molecular complexity index is 1180. The Hall–Kier alpha value is -3.45. The number of nitrogens with zero attached hydrogens (tertiary/aromatic N) is 6. The van der Waals surface area contributed by atoms with Crippen LogP contribution >= 0.6 is 0 Å². The van der Waals surface area contributed by atoms with Crippen molar-refractivity contribution in [3.8, 4) is 11.1 Å². The van der Waals surface area contributed by atoms with E-state index in [1.54, 1.807) is 39.5 Å². The highest BCUT2D eigenvalue weighted by Gasteiger charge is 2.26. The molecule has 1 aromatic carbocycles. The van der Waals surface area contributed by atoms with Crippen LogP contribution in [0.2, 0.25) is 0 Å². The van der Waals surface area contributed by atoms with E-state index in [2.05, 4.69) is 15.5 Å². The van der Waals surface area contributed by atoms with Crippen molar-refractivity contribution in [2.45, 2.75) is 0 Å². The molecule has 5 rings (SSSR count). The van der Waals surface area contributed by atoms with Crippen molar-refractivity contribution in [3.05, 3.63) is 48.8 Å². The Balaban J connectivity index is 1.24. The zero-order chi connectivity index (χ0) is 23.0. The van der Waals surface area contributed by atoms with Gasteiger partial charge in [-0.05, 0) is 18.2 Å². The molecule has 2 saturated heterocycles.